The van der Waals surface area contributed by atoms with Crippen LogP contribution in [-0.2, 0) is 9.53 Å². The quantitative estimate of drug-likeness (QED) is 0.735. The average molecular weight is 457 g/mol. The van der Waals surface area contributed by atoms with E-state index in [1.165, 1.54) is 42.2 Å². The zero-order chi connectivity index (χ0) is 23.7. The number of anilines is 1. The van der Waals surface area contributed by atoms with Crippen LogP contribution in [0.1, 0.15) is 28.9 Å². The van der Waals surface area contributed by atoms with Crippen LogP contribution in [0.25, 0.3) is 0 Å². The summed E-state index contributed by atoms with van der Waals surface area (Å²) in [6, 6.07) is 6.81. The molecular formula is C23H21F2N3O5. The second kappa shape index (κ2) is 8.99. The van der Waals surface area contributed by atoms with Crippen LogP contribution in [0.5, 0.6) is 0 Å². The van der Waals surface area contributed by atoms with E-state index in [2.05, 4.69) is 5.32 Å². The van der Waals surface area contributed by atoms with Crippen molar-refractivity contribution in [3.63, 3.8) is 0 Å². The topological polar surface area (TPSA) is 99.2 Å². The number of allylic oxidation sites excluding steroid dienone is 1. The summed E-state index contributed by atoms with van der Waals surface area (Å²) < 4.78 is 34.7. The number of carbonyl (C=O) groups excluding carboxylic acids is 2. The van der Waals surface area contributed by atoms with E-state index in [9.17, 15) is 28.3 Å². The highest BCUT2D eigenvalue weighted by Crippen LogP contribution is 2.36. The molecule has 1 fully saturated rings. The zero-order valence-electron chi connectivity index (χ0n) is 17.7. The first-order valence-corrected chi connectivity index (χ1v) is 10.2. The van der Waals surface area contributed by atoms with Gasteiger partial charge in [-0.15, -0.1) is 0 Å². The number of urea groups is 1. The van der Waals surface area contributed by atoms with Gasteiger partial charge in [0.1, 0.15) is 11.6 Å². The minimum absolute atomic E-state index is 0.0128. The van der Waals surface area contributed by atoms with E-state index in [1.807, 2.05) is 0 Å². The molecule has 0 aromatic heterocycles. The maximum Gasteiger partial charge on any atom is 0.335 e. The number of aromatic carboxylic acids is 1. The Balaban J connectivity index is 1.88. The van der Waals surface area contributed by atoms with E-state index in [0.29, 0.717) is 13.2 Å². The number of hydrogen-bond acceptors (Lipinski definition) is 4. The molecule has 0 aliphatic carbocycles. The average Bonchev–Trinajstić information content (AvgIpc) is 2.79. The number of benzene rings is 2. The number of carbonyl (C=O) groups is 3. The number of carboxylic acid groups (broad SMARTS) is 1. The van der Waals surface area contributed by atoms with Crippen LogP contribution < -0.4 is 10.2 Å². The molecule has 0 saturated carbocycles. The number of rotatable bonds is 4. The van der Waals surface area contributed by atoms with Crippen molar-refractivity contribution in [1.29, 1.82) is 0 Å². The maximum atomic E-state index is 14.7. The highest BCUT2D eigenvalue weighted by molar-refractivity contribution is 6.05. The largest absolute Gasteiger partial charge is 0.478 e. The van der Waals surface area contributed by atoms with Gasteiger partial charge in [0.2, 0.25) is 0 Å². The monoisotopic (exact) mass is 457 g/mol. The Bertz CT molecular complexity index is 1140. The Kier molecular flexibility index (Phi) is 6.10. The fraction of sp³-hybridized carbons (Fsp3) is 0.261. The predicted octanol–water partition coefficient (Wildman–Crippen LogP) is 3.07. The minimum Gasteiger partial charge on any atom is -0.478 e. The molecule has 2 N–H and O–H groups in total. The molecule has 2 aliphatic rings. The molecule has 2 aromatic rings. The number of hydrogen-bond donors (Lipinski definition) is 2. The lowest BCUT2D eigenvalue weighted by atomic mass is 9.92. The summed E-state index contributed by atoms with van der Waals surface area (Å²) in [5.41, 5.74) is -0.173. The van der Waals surface area contributed by atoms with Gasteiger partial charge in [0, 0.05) is 18.8 Å². The van der Waals surface area contributed by atoms with E-state index in [0.717, 1.165) is 17.0 Å². The second-order valence-corrected chi connectivity index (χ2v) is 7.61. The molecule has 0 radical (unpaired) electrons. The van der Waals surface area contributed by atoms with Gasteiger partial charge in [-0.25, -0.2) is 18.4 Å². The summed E-state index contributed by atoms with van der Waals surface area (Å²) in [6.45, 7) is 2.68. The number of nitrogens with zero attached hydrogens (tertiary/aromatic N) is 2. The van der Waals surface area contributed by atoms with Gasteiger partial charge in [-0.3, -0.25) is 9.69 Å². The molecule has 0 spiro atoms. The smallest absolute Gasteiger partial charge is 0.335 e. The molecule has 172 valence electrons. The van der Waals surface area contributed by atoms with E-state index < -0.39 is 41.1 Å². The molecular weight excluding hydrogens is 436 g/mol. The first-order chi connectivity index (χ1) is 15.8. The minimum atomic E-state index is -1.37. The predicted molar refractivity (Wildman–Crippen MR) is 114 cm³/mol. The standard InChI is InChI=1S/C23H21F2N3O5/c1-13-18(21(29)27-8-10-33-11-9-27)20(19-16(24)6-3-7-17(19)25)26-23(32)28(13)15-5-2-4-14(12-15)22(30)31/h2-7,12,20H,8-11H2,1H3,(H,26,32)(H,30,31)/t20-/m0/s1. The van der Waals surface area contributed by atoms with Gasteiger partial charge in [0.15, 0.2) is 0 Å². The molecule has 1 atom stereocenters. The van der Waals surface area contributed by atoms with Gasteiger partial charge >= 0.3 is 12.0 Å². The van der Waals surface area contributed by atoms with Crippen molar-refractivity contribution in [2.75, 3.05) is 31.2 Å². The highest BCUT2D eigenvalue weighted by atomic mass is 19.1. The zero-order valence-corrected chi connectivity index (χ0v) is 17.7. The Morgan fingerprint density at radius 1 is 1.09 bits per heavy atom. The summed E-state index contributed by atoms with van der Waals surface area (Å²) in [4.78, 5) is 40.6. The van der Waals surface area contributed by atoms with E-state index in [1.54, 1.807) is 0 Å². The van der Waals surface area contributed by atoms with E-state index >= 15 is 0 Å². The van der Waals surface area contributed by atoms with Crippen molar-refractivity contribution < 1.29 is 33.0 Å². The lowest BCUT2D eigenvalue weighted by Gasteiger charge is -2.38. The molecule has 4 rings (SSSR count). The Labute approximate surface area is 188 Å². The van der Waals surface area contributed by atoms with Gasteiger partial charge < -0.3 is 20.1 Å². The summed E-state index contributed by atoms with van der Waals surface area (Å²) in [6.07, 6.45) is 0. The Morgan fingerprint density at radius 2 is 1.73 bits per heavy atom. The maximum absolute atomic E-state index is 14.7. The molecule has 0 bridgehead atoms. The van der Waals surface area contributed by atoms with Crippen LogP contribution in [0.15, 0.2) is 53.7 Å². The first-order valence-electron chi connectivity index (χ1n) is 10.2. The molecule has 33 heavy (non-hydrogen) atoms. The third-order valence-electron chi connectivity index (χ3n) is 5.65. The lowest BCUT2D eigenvalue weighted by molar-refractivity contribution is -0.131. The van der Waals surface area contributed by atoms with Crippen molar-refractivity contribution in [2.45, 2.75) is 13.0 Å². The number of ether oxygens (including phenoxy) is 1. The van der Waals surface area contributed by atoms with Gasteiger partial charge in [-0.05, 0) is 37.3 Å². The lowest BCUT2D eigenvalue weighted by Crippen LogP contribution is -2.51. The highest BCUT2D eigenvalue weighted by Gasteiger charge is 2.40. The first kappa shape index (κ1) is 22.4. The van der Waals surface area contributed by atoms with Crippen molar-refractivity contribution in [1.82, 2.24) is 10.2 Å². The second-order valence-electron chi connectivity index (χ2n) is 7.61. The third-order valence-corrected chi connectivity index (χ3v) is 5.65. The molecule has 2 aliphatic heterocycles. The number of morpholine rings is 1. The number of amides is 3. The van der Waals surface area contributed by atoms with Crippen LogP contribution in [0, 0.1) is 11.6 Å². The normalized spacial score (nSPS) is 18.9. The van der Waals surface area contributed by atoms with Crippen LogP contribution in [0.3, 0.4) is 0 Å². The summed E-state index contributed by atoms with van der Waals surface area (Å²) in [5.74, 6) is -3.49. The van der Waals surface area contributed by atoms with Crippen LogP contribution in [0.4, 0.5) is 19.3 Å². The van der Waals surface area contributed by atoms with Crippen LogP contribution in [-0.4, -0.2) is 54.2 Å². The van der Waals surface area contributed by atoms with Gasteiger partial charge in [0.05, 0.1) is 41.6 Å². The molecule has 10 heteroatoms. The molecule has 3 amide bonds. The molecule has 8 nitrogen and oxygen atoms in total. The molecule has 2 aromatic carbocycles. The SMILES string of the molecule is CC1=C(C(=O)N2CCOCC2)[C@@H](c2c(F)cccc2F)NC(=O)N1c1cccc(C(=O)O)c1. The van der Waals surface area contributed by atoms with Crippen molar-refractivity contribution in [3.05, 3.63) is 76.5 Å². The summed E-state index contributed by atoms with van der Waals surface area (Å²) >= 11 is 0. The van der Waals surface area contributed by atoms with Gasteiger partial charge in [0.25, 0.3) is 5.91 Å². The number of halogens is 2. The van der Waals surface area contributed by atoms with Crippen molar-refractivity contribution in [3.8, 4) is 0 Å². The van der Waals surface area contributed by atoms with Crippen molar-refractivity contribution in [2.24, 2.45) is 0 Å². The van der Waals surface area contributed by atoms with Crippen LogP contribution in [0.2, 0.25) is 0 Å². The summed E-state index contributed by atoms with van der Waals surface area (Å²) in [5, 5.41) is 11.8. The molecule has 2 heterocycles. The van der Waals surface area contributed by atoms with E-state index in [4.69, 9.17) is 4.74 Å². The summed E-state index contributed by atoms with van der Waals surface area (Å²) in [7, 11) is 0. The fourth-order valence-corrected chi connectivity index (χ4v) is 4.05. The van der Waals surface area contributed by atoms with E-state index in [-0.39, 0.29) is 35.6 Å². The Hall–Kier alpha value is -3.79. The number of nitrogens with one attached hydrogen (secondary N) is 1. The molecule has 1 saturated heterocycles. The number of carboxylic acids is 1. The Morgan fingerprint density at radius 3 is 2.36 bits per heavy atom. The van der Waals surface area contributed by atoms with Gasteiger partial charge in [-0.2, -0.15) is 0 Å². The van der Waals surface area contributed by atoms with Crippen molar-refractivity contribution >= 4 is 23.6 Å². The van der Waals surface area contributed by atoms with Gasteiger partial charge in [-0.1, -0.05) is 12.1 Å². The third kappa shape index (κ3) is 4.17. The fourth-order valence-electron chi connectivity index (χ4n) is 4.05. The molecule has 0 unspecified atom stereocenters. The van der Waals surface area contributed by atoms with Crippen LogP contribution >= 0.6 is 0 Å².